The van der Waals surface area contributed by atoms with Crippen LogP contribution in [0.25, 0.3) is 11.1 Å². The first-order valence-electron chi connectivity index (χ1n) is 6.04. The minimum atomic E-state index is 1.13. The summed E-state index contributed by atoms with van der Waals surface area (Å²) in [4.78, 5) is 0. The first-order valence-corrected chi connectivity index (χ1v) is 6.04. The number of unbranched alkanes of at least 4 members (excludes halogenated alkanes) is 1. The van der Waals surface area contributed by atoms with Gasteiger partial charge in [-0.05, 0) is 25.0 Å². The van der Waals surface area contributed by atoms with Crippen molar-refractivity contribution in [3.8, 4) is 11.1 Å². The molecule has 0 aliphatic rings. The summed E-state index contributed by atoms with van der Waals surface area (Å²) in [5.41, 5.74) is 4.05. The van der Waals surface area contributed by atoms with Crippen molar-refractivity contribution in [2.45, 2.75) is 33.2 Å². The second kappa shape index (κ2) is 5.02. The lowest BCUT2D eigenvalue weighted by Gasteiger charge is -2.06. The van der Waals surface area contributed by atoms with E-state index in [4.69, 9.17) is 0 Å². The van der Waals surface area contributed by atoms with Crippen LogP contribution in [0.5, 0.6) is 0 Å². The Morgan fingerprint density at radius 1 is 1.06 bits per heavy atom. The third-order valence-electron chi connectivity index (χ3n) is 3.08. The average Bonchev–Trinajstić information content (AvgIpc) is 2.69. The van der Waals surface area contributed by atoms with Crippen LogP contribution in [0.15, 0.2) is 42.6 Å². The van der Waals surface area contributed by atoms with Gasteiger partial charge >= 0.3 is 0 Å². The monoisotopic (exact) mass is 213 g/mol. The lowest BCUT2D eigenvalue weighted by Crippen LogP contribution is -1.98. The number of hydrogen-bond donors (Lipinski definition) is 0. The maximum Gasteiger partial charge on any atom is 0.0222 e. The molecule has 0 amide bonds. The second-order valence-electron chi connectivity index (χ2n) is 4.23. The molecule has 0 fully saturated rings. The van der Waals surface area contributed by atoms with E-state index in [9.17, 15) is 0 Å². The van der Waals surface area contributed by atoms with Crippen LogP contribution >= 0.6 is 0 Å². The Labute approximate surface area is 97.7 Å². The summed E-state index contributed by atoms with van der Waals surface area (Å²) >= 11 is 0. The molecule has 0 saturated heterocycles. The lowest BCUT2D eigenvalue weighted by atomic mass is 10.1. The molecule has 0 atom stereocenters. The summed E-state index contributed by atoms with van der Waals surface area (Å²) in [6.07, 6.45) is 4.70. The molecule has 1 aromatic heterocycles. The molecule has 1 aromatic carbocycles. The van der Waals surface area contributed by atoms with Gasteiger partial charge in [0.15, 0.2) is 0 Å². The van der Waals surface area contributed by atoms with E-state index in [1.54, 1.807) is 0 Å². The number of aryl methyl sites for hydroxylation is 1. The van der Waals surface area contributed by atoms with Gasteiger partial charge in [0.25, 0.3) is 0 Å². The summed E-state index contributed by atoms with van der Waals surface area (Å²) in [5.74, 6) is 0. The van der Waals surface area contributed by atoms with Gasteiger partial charge in [0.05, 0.1) is 0 Å². The maximum absolute atomic E-state index is 2.35. The lowest BCUT2D eigenvalue weighted by molar-refractivity contribution is 0.622. The third kappa shape index (κ3) is 2.19. The zero-order chi connectivity index (χ0) is 11.4. The Bertz CT molecular complexity index is 440. The van der Waals surface area contributed by atoms with E-state index >= 15 is 0 Å². The molecule has 0 radical (unpaired) electrons. The van der Waals surface area contributed by atoms with E-state index in [0.717, 1.165) is 6.54 Å². The SMILES string of the molecule is CCCCn1ccc(-c2ccccc2)c1C. The molecule has 84 valence electrons. The van der Waals surface area contributed by atoms with Crippen LogP contribution in [0.4, 0.5) is 0 Å². The summed E-state index contributed by atoms with van der Waals surface area (Å²) in [7, 11) is 0. The normalized spacial score (nSPS) is 10.6. The molecule has 2 rings (SSSR count). The Hall–Kier alpha value is -1.50. The van der Waals surface area contributed by atoms with Gasteiger partial charge in [-0.3, -0.25) is 0 Å². The number of nitrogens with zero attached hydrogens (tertiary/aromatic N) is 1. The summed E-state index contributed by atoms with van der Waals surface area (Å²) < 4.78 is 2.35. The van der Waals surface area contributed by atoms with Gasteiger partial charge in [0.1, 0.15) is 0 Å². The number of aromatic nitrogens is 1. The van der Waals surface area contributed by atoms with Crippen LogP contribution in [-0.4, -0.2) is 4.57 Å². The zero-order valence-electron chi connectivity index (χ0n) is 10.1. The van der Waals surface area contributed by atoms with Crippen LogP contribution in [0, 0.1) is 6.92 Å². The van der Waals surface area contributed by atoms with Crippen molar-refractivity contribution in [2.75, 3.05) is 0 Å². The van der Waals surface area contributed by atoms with Gasteiger partial charge in [-0.25, -0.2) is 0 Å². The highest BCUT2D eigenvalue weighted by molar-refractivity contribution is 5.66. The molecule has 0 aliphatic heterocycles. The van der Waals surface area contributed by atoms with E-state index in [1.165, 1.54) is 29.7 Å². The van der Waals surface area contributed by atoms with Crippen molar-refractivity contribution in [3.63, 3.8) is 0 Å². The van der Waals surface area contributed by atoms with Gasteiger partial charge in [-0.1, -0.05) is 43.7 Å². The topological polar surface area (TPSA) is 4.93 Å². The molecular weight excluding hydrogens is 194 g/mol. The molecule has 1 heteroatoms. The van der Waals surface area contributed by atoms with E-state index in [-0.39, 0.29) is 0 Å². The van der Waals surface area contributed by atoms with Gasteiger partial charge in [0, 0.05) is 24.0 Å². The molecule has 1 nitrogen and oxygen atoms in total. The standard InChI is InChI=1S/C15H19N/c1-3-4-11-16-12-10-15(13(16)2)14-8-6-5-7-9-14/h5-10,12H,3-4,11H2,1-2H3. The zero-order valence-corrected chi connectivity index (χ0v) is 10.1. The molecule has 0 N–H and O–H groups in total. The van der Waals surface area contributed by atoms with Crippen molar-refractivity contribution >= 4 is 0 Å². The minimum absolute atomic E-state index is 1.13. The minimum Gasteiger partial charge on any atom is -0.351 e. The van der Waals surface area contributed by atoms with Gasteiger partial charge in [0.2, 0.25) is 0 Å². The van der Waals surface area contributed by atoms with Crippen molar-refractivity contribution < 1.29 is 0 Å². The van der Waals surface area contributed by atoms with Gasteiger partial charge in [-0.15, -0.1) is 0 Å². The predicted octanol–water partition coefficient (Wildman–Crippen LogP) is 4.26. The van der Waals surface area contributed by atoms with Gasteiger partial charge < -0.3 is 4.57 Å². The van der Waals surface area contributed by atoms with E-state index < -0.39 is 0 Å². The number of hydrogen-bond acceptors (Lipinski definition) is 0. The Balaban J connectivity index is 2.27. The Morgan fingerprint density at radius 3 is 2.50 bits per heavy atom. The fourth-order valence-corrected chi connectivity index (χ4v) is 2.05. The molecule has 2 aromatic rings. The largest absolute Gasteiger partial charge is 0.351 e. The molecule has 1 heterocycles. The smallest absolute Gasteiger partial charge is 0.0222 e. The summed E-state index contributed by atoms with van der Waals surface area (Å²) in [5, 5.41) is 0. The van der Waals surface area contributed by atoms with Crippen LogP contribution in [0.3, 0.4) is 0 Å². The highest BCUT2D eigenvalue weighted by Crippen LogP contribution is 2.24. The van der Waals surface area contributed by atoms with Crippen LogP contribution in [-0.2, 0) is 6.54 Å². The van der Waals surface area contributed by atoms with E-state index in [1.807, 2.05) is 0 Å². The van der Waals surface area contributed by atoms with Crippen LogP contribution in [0.2, 0.25) is 0 Å². The van der Waals surface area contributed by atoms with Crippen molar-refractivity contribution in [3.05, 3.63) is 48.3 Å². The average molecular weight is 213 g/mol. The maximum atomic E-state index is 2.35. The van der Waals surface area contributed by atoms with Gasteiger partial charge in [-0.2, -0.15) is 0 Å². The Morgan fingerprint density at radius 2 is 1.81 bits per heavy atom. The summed E-state index contributed by atoms with van der Waals surface area (Å²) in [6, 6.07) is 12.8. The van der Waals surface area contributed by atoms with Crippen LogP contribution in [0.1, 0.15) is 25.5 Å². The highest BCUT2D eigenvalue weighted by atomic mass is 15.0. The fraction of sp³-hybridized carbons (Fsp3) is 0.333. The first-order chi connectivity index (χ1) is 7.83. The van der Waals surface area contributed by atoms with Crippen molar-refractivity contribution in [2.24, 2.45) is 0 Å². The third-order valence-corrected chi connectivity index (χ3v) is 3.08. The number of rotatable bonds is 4. The van der Waals surface area contributed by atoms with E-state index in [0.29, 0.717) is 0 Å². The Kier molecular flexibility index (Phi) is 3.45. The van der Waals surface area contributed by atoms with Crippen molar-refractivity contribution in [1.29, 1.82) is 0 Å². The molecule has 0 aliphatic carbocycles. The summed E-state index contributed by atoms with van der Waals surface area (Å²) in [6.45, 7) is 5.57. The first kappa shape index (κ1) is 11.0. The highest BCUT2D eigenvalue weighted by Gasteiger charge is 2.05. The fourth-order valence-electron chi connectivity index (χ4n) is 2.05. The quantitative estimate of drug-likeness (QED) is 0.715. The molecular formula is C15H19N. The molecule has 0 unspecified atom stereocenters. The van der Waals surface area contributed by atoms with Crippen molar-refractivity contribution in [1.82, 2.24) is 4.57 Å². The van der Waals surface area contributed by atoms with E-state index in [2.05, 4.69) is 61.0 Å². The second-order valence-corrected chi connectivity index (χ2v) is 4.23. The molecule has 16 heavy (non-hydrogen) atoms. The van der Waals surface area contributed by atoms with Crippen LogP contribution < -0.4 is 0 Å². The predicted molar refractivity (Wildman–Crippen MR) is 69.5 cm³/mol. The number of benzene rings is 1. The molecule has 0 bridgehead atoms. The molecule has 0 saturated carbocycles. The molecule has 0 spiro atoms.